The zero-order valence-electron chi connectivity index (χ0n) is 15.1. The van der Waals surface area contributed by atoms with Crippen LogP contribution in [-0.2, 0) is 9.53 Å². The van der Waals surface area contributed by atoms with Gasteiger partial charge in [0.15, 0.2) is 6.10 Å². The van der Waals surface area contributed by atoms with E-state index in [9.17, 15) is 14.4 Å². The van der Waals surface area contributed by atoms with Crippen LogP contribution in [-0.4, -0.2) is 35.1 Å². The monoisotopic (exact) mass is 369 g/mol. The van der Waals surface area contributed by atoms with E-state index in [4.69, 9.17) is 9.47 Å². The fourth-order valence-electron chi connectivity index (χ4n) is 2.61. The van der Waals surface area contributed by atoms with Gasteiger partial charge in [-0.3, -0.25) is 4.79 Å². The number of H-pyrrole nitrogens is 2. The number of methoxy groups -OCH3 is 1. The maximum Gasteiger partial charge on any atom is 0.342 e. The number of nitrogens with one attached hydrogen (secondary N) is 3. The van der Waals surface area contributed by atoms with Crippen LogP contribution in [0.4, 0.5) is 5.69 Å². The molecule has 0 saturated carbocycles. The maximum atomic E-state index is 12.4. The van der Waals surface area contributed by atoms with Gasteiger partial charge in [0.25, 0.3) is 5.91 Å². The van der Waals surface area contributed by atoms with Crippen molar-refractivity contribution in [3.8, 4) is 5.75 Å². The summed E-state index contributed by atoms with van der Waals surface area (Å²) in [6, 6.07) is 10.0. The molecule has 27 heavy (non-hydrogen) atoms. The highest BCUT2D eigenvalue weighted by Gasteiger charge is 2.21. The van der Waals surface area contributed by atoms with Gasteiger partial charge in [0.05, 0.1) is 18.1 Å². The molecule has 0 aliphatic rings. The smallest absolute Gasteiger partial charge is 0.342 e. The van der Waals surface area contributed by atoms with Crippen LogP contribution in [0.15, 0.2) is 41.2 Å². The first kappa shape index (κ1) is 18.2. The van der Waals surface area contributed by atoms with Crippen LogP contribution >= 0.6 is 0 Å². The van der Waals surface area contributed by atoms with Gasteiger partial charge in [-0.15, -0.1) is 0 Å². The number of anilines is 1. The Morgan fingerprint density at radius 1 is 1.07 bits per heavy atom. The fourth-order valence-corrected chi connectivity index (χ4v) is 2.61. The number of hydrogen-bond donors (Lipinski definition) is 3. The van der Waals surface area contributed by atoms with E-state index in [-0.39, 0.29) is 11.3 Å². The highest BCUT2D eigenvalue weighted by molar-refractivity contribution is 5.99. The van der Waals surface area contributed by atoms with Crippen molar-refractivity contribution in [3.63, 3.8) is 0 Å². The van der Waals surface area contributed by atoms with Crippen molar-refractivity contribution in [3.05, 3.63) is 58.0 Å². The first-order valence-corrected chi connectivity index (χ1v) is 8.26. The van der Waals surface area contributed by atoms with Gasteiger partial charge in [-0.2, -0.15) is 0 Å². The molecule has 0 bridgehead atoms. The molecule has 1 heterocycles. The highest BCUT2D eigenvalue weighted by Crippen LogP contribution is 2.21. The quantitative estimate of drug-likeness (QED) is 0.598. The third-order valence-electron chi connectivity index (χ3n) is 4.01. The summed E-state index contributed by atoms with van der Waals surface area (Å²) in [5.74, 6) is -0.768. The summed E-state index contributed by atoms with van der Waals surface area (Å²) in [5.41, 5.74) is 2.45. The first-order chi connectivity index (χ1) is 12.9. The number of hydrogen-bond acceptors (Lipinski definition) is 5. The SMILES string of the molecule is COc1ccc(C)cc1C(=O)O[C@H](C)C(=O)Nc1ccc2[nH]c(=O)[nH]c2c1. The molecular formula is C19H19N3O5. The summed E-state index contributed by atoms with van der Waals surface area (Å²) in [7, 11) is 1.46. The summed E-state index contributed by atoms with van der Waals surface area (Å²) in [4.78, 5) is 41.3. The Kier molecular flexibility index (Phi) is 4.98. The van der Waals surface area contributed by atoms with E-state index < -0.39 is 18.0 Å². The largest absolute Gasteiger partial charge is 0.496 e. The van der Waals surface area contributed by atoms with Gasteiger partial charge in [-0.25, -0.2) is 9.59 Å². The third-order valence-corrected chi connectivity index (χ3v) is 4.01. The topological polar surface area (TPSA) is 113 Å². The predicted octanol–water partition coefficient (Wildman–Crippen LogP) is 2.36. The number of aromatic nitrogens is 2. The van der Waals surface area contributed by atoms with Gasteiger partial charge in [-0.05, 0) is 44.2 Å². The van der Waals surface area contributed by atoms with Crippen LogP contribution in [0.5, 0.6) is 5.75 Å². The van der Waals surface area contributed by atoms with E-state index >= 15 is 0 Å². The van der Waals surface area contributed by atoms with Crippen molar-refractivity contribution < 1.29 is 19.1 Å². The second kappa shape index (κ2) is 7.36. The molecule has 0 unspecified atom stereocenters. The Morgan fingerprint density at radius 2 is 1.81 bits per heavy atom. The Morgan fingerprint density at radius 3 is 2.56 bits per heavy atom. The molecule has 1 aromatic heterocycles. The molecule has 3 rings (SSSR count). The number of aromatic amines is 2. The standard InChI is InChI=1S/C19H19N3O5/c1-10-4-7-16(26-3)13(8-10)18(24)27-11(2)17(23)20-12-5-6-14-15(9-12)22-19(25)21-14/h4-9,11H,1-3H3,(H,20,23)(H2,21,22,25)/t11-/m1/s1. The average molecular weight is 369 g/mol. The Bertz CT molecular complexity index is 1070. The molecule has 8 nitrogen and oxygen atoms in total. The van der Waals surface area contributed by atoms with E-state index in [1.165, 1.54) is 14.0 Å². The fraction of sp³-hybridized carbons (Fsp3) is 0.211. The molecule has 0 saturated heterocycles. The molecule has 0 spiro atoms. The lowest BCUT2D eigenvalue weighted by molar-refractivity contribution is -0.123. The van der Waals surface area contributed by atoms with Crippen LogP contribution in [0, 0.1) is 6.92 Å². The maximum absolute atomic E-state index is 12.4. The lowest BCUT2D eigenvalue weighted by atomic mass is 10.1. The minimum absolute atomic E-state index is 0.253. The minimum Gasteiger partial charge on any atom is -0.496 e. The van der Waals surface area contributed by atoms with Gasteiger partial charge in [0.1, 0.15) is 11.3 Å². The zero-order chi connectivity index (χ0) is 19.6. The Hall–Kier alpha value is -3.55. The number of fused-ring (bicyclic) bond motifs is 1. The molecule has 8 heteroatoms. The van der Waals surface area contributed by atoms with Gasteiger partial charge >= 0.3 is 11.7 Å². The van der Waals surface area contributed by atoms with Gasteiger partial charge in [-0.1, -0.05) is 11.6 Å². The molecule has 0 radical (unpaired) electrons. The molecule has 0 fully saturated rings. The molecule has 1 amide bonds. The number of esters is 1. The molecule has 1 atom stereocenters. The molecule has 2 aromatic carbocycles. The Labute approximate surface area is 154 Å². The van der Waals surface area contributed by atoms with E-state index in [1.54, 1.807) is 30.3 Å². The highest BCUT2D eigenvalue weighted by atomic mass is 16.5. The molecule has 3 aromatic rings. The lowest BCUT2D eigenvalue weighted by Gasteiger charge is -2.15. The number of aryl methyl sites for hydroxylation is 1. The molecule has 3 N–H and O–H groups in total. The molecule has 0 aliphatic carbocycles. The van der Waals surface area contributed by atoms with Crippen molar-refractivity contribution in [1.82, 2.24) is 9.97 Å². The third kappa shape index (κ3) is 4.00. The summed E-state index contributed by atoms with van der Waals surface area (Å²) < 4.78 is 10.4. The number of imidazole rings is 1. The van der Waals surface area contributed by atoms with Crippen LogP contribution in [0.2, 0.25) is 0 Å². The number of ether oxygens (including phenoxy) is 2. The lowest BCUT2D eigenvalue weighted by Crippen LogP contribution is -2.30. The second-order valence-electron chi connectivity index (χ2n) is 6.08. The summed E-state index contributed by atoms with van der Waals surface area (Å²) in [5, 5.41) is 2.66. The Balaban J connectivity index is 1.70. The zero-order valence-corrected chi connectivity index (χ0v) is 15.1. The van der Waals surface area contributed by atoms with E-state index in [1.807, 2.05) is 13.0 Å². The number of benzene rings is 2. The number of carbonyl (C=O) groups is 2. The molecule has 0 aliphatic heterocycles. The van der Waals surface area contributed by atoms with Crippen LogP contribution in [0.25, 0.3) is 11.0 Å². The number of amides is 1. The number of rotatable bonds is 5. The summed E-state index contributed by atoms with van der Waals surface area (Å²) in [6.07, 6.45) is -1.02. The average Bonchev–Trinajstić information content (AvgIpc) is 3.00. The molecule has 140 valence electrons. The van der Waals surface area contributed by atoms with Gasteiger partial charge < -0.3 is 24.8 Å². The van der Waals surface area contributed by atoms with Crippen LogP contribution in [0.1, 0.15) is 22.8 Å². The molecular weight excluding hydrogens is 350 g/mol. The number of carbonyl (C=O) groups excluding carboxylic acids is 2. The summed E-state index contributed by atoms with van der Waals surface area (Å²) in [6.45, 7) is 3.32. The van der Waals surface area contributed by atoms with E-state index in [0.29, 0.717) is 22.5 Å². The van der Waals surface area contributed by atoms with Crippen molar-refractivity contribution in [2.45, 2.75) is 20.0 Å². The predicted molar refractivity (Wildman–Crippen MR) is 100 cm³/mol. The van der Waals surface area contributed by atoms with Gasteiger partial charge in [0.2, 0.25) is 0 Å². The van der Waals surface area contributed by atoms with Gasteiger partial charge in [0, 0.05) is 5.69 Å². The van der Waals surface area contributed by atoms with Crippen molar-refractivity contribution in [2.24, 2.45) is 0 Å². The second-order valence-corrected chi connectivity index (χ2v) is 6.08. The van der Waals surface area contributed by atoms with E-state index in [0.717, 1.165) is 5.56 Å². The van der Waals surface area contributed by atoms with E-state index in [2.05, 4.69) is 15.3 Å². The van der Waals surface area contributed by atoms with Crippen molar-refractivity contribution >= 4 is 28.6 Å². The summed E-state index contributed by atoms with van der Waals surface area (Å²) >= 11 is 0. The van der Waals surface area contributed by atoms with Crippen molar-refractivity contribution in [2.75, 3.05) is 12.4 Å². The van der Waals surface area contributed by atoms with Crippen molar-refractivity contribution in [1.29, 1.82) is 0 Å². The first-order valence-electron chi connectivity index (χ1n) is 8.26. The van der Waals surface area contributed by atoms with Crippen LogP contribution < -0.4 is 15.7 Å². The minimum atomic E-state index is -1.02. The normalized spacial score (nSPS) is 11.8. The van der Waals surface area contributed by atoms with Crippen LogP contribution in [0.3, 0.4) is 0 Å².